The standard InChI is InChI=1S/C33H45N15O24P4/c1-36-23-14-24(38-7-37-23)46(8-39-14)31-22(63-3)21(70-73(55,56)64-4-11-17(49)19(51)29(67-11)47-9-40-15-25(47)41-32(34)43-27(15)53)13(69-31)6-66-75(59,60)72-76(61,62)71-74(57,58)65-5-12-18(50)20(52)30(68-12)48-10-45(2)16-26(48)42-33(35)44-28(16)54/h7-13,17-22,29-31,49-52H,4-6H2,1-3H3,(H10-,34,35,36,37,38,41,42,43,44,53,54,55,56,57,58,59,60,61,62)/p-3/t11-,12-,13-,17?,18+,19+,20?,21?,22+,29-,30-,31-/m1/s1. The number of nitrogen functional groups attached to an aromatic ring is 2. The Kier molecular flexibility index (Phi) is 15.3. The van der Waals surface area contributed by atoms with Crippen molar-refractivity contribution in [2.24, 2.45) is 7.05 Å². The molecule has 0 saturated carbocycles. The van der Waals surface area contributed by atoms with E-state index in [1.54, 1.807) is 0 Å². The summed E-state index contributed by atoms with van der Waals surface area (Å²) in [6.45, 7) is -3.71. The predicted molar refractivity (Wildman–Crippen MR) is 235 cm³/mol. The zero-order valence-corrected chi connectivity index (χ0v) is 42.3. The number of aromatic nitrogens is 12. The van der Waals surface area contributed by atoms with Crippen molar-refractivity contribution in [2.45, 2.75) is 73.6 Å². The van der Waals surface area contributed by atoms with Gasteiger partial charge in [0.1, 0.15) is 66.8 Å². The van der Waals surface area contributed by atoms with E-state index in [-0.39, 0.29) is 51.2 Å². The Hall–Kier alpha value is -5.15. The van der Waals surface area contributed by atoms with Crippen LogP contribution in [0.1, 0.15) is 18.7 Å². The molecule has 416 valence electrons. The maximum Gasteiger partial charge on any atom is 0.313 e. The van der Waals surface area contributed by atoms with E-state index in [0.717, 1.165) is 35.2 Å². The van der Waals surface area contributed by atoms with E-state index >= 15 is 0 Å². The number of aromatic amines is 2. The number of phosphoric acid groups is 4. The largest absolute Gasteiger partial charge is 0.756 e. The molecule has 0 radical (unpaired) electrons. The van der Waals surface area contributed by atoms with E-state index in [1.807, 2.05) is 0 Å². The van der Waals surface area contributed by atoms with Crippen LogP contribution in [0, 0.1) is 0 Å². The number of H-pyrrole nitrogens is 2. The van der Waals surface area contributed by atoms with Gasteiger partial charge in [-0.1, -0.05) is 4.98 Å². The highest BCUT2D eigenvalue weighted by Crippen LogP contribution is 2.63. The summed E-state index contributed by atoms with van der Waals surface area (Å²) in [7, 11) is -20.8. The maximum absolute atomic E-state index is 13.6. The van der Waals surface area contributed by atoms with Crippen molar-refractivity contribution in [3.63, 3.8) is 0 Å². The summed E-state index contributed by atoms with van der Waals surface area (Å²) in [5.41, 5.74) is 9.49. The third-order valence-electron chi connectivity index (χ3n) is 11.7. The predicted octanol–water partition coefficient (Wildman–Crippen LogP) is -6.78. The fourth-order valence-corrected chi connectivity index (χ4v) is 12.8. The third kappa shape index (κ3) is 11.0. The van der Waals surface area contributed by atoms with Crippen molar-refractivity contribution in [2.75, 3.05) is 50.8 Å². The van der Waals surface area contributed by atoms with Crippen molar-refractivity contribution in [1.82, 2.24) is 53.6 Å². The average molecular weight is 1160 g/mol. The number of methoxy groups -OCH3 is 1. The summed E-state index contributed by atoms with van der Waals surface area (Å²) in [5.74, 6) is -0.439. The van der Waals surface area contributed by atoms with Crippen LogP contribution in [0.25, 0.3) is 33.5 Å². The zero-order valence-electron chi connectivity index (χ0n) is 38.7. The molecule has 9 heterocycles. The van der Waals surface area contributed by atoms with Gasteiger partial charge in [0.15, 0.2) is 41.4 Å². The molecule has 11 N–H and O–H groups in total. The van der Waals surface area contributed by atoms with Gasteiger partial charge in [0.25, 0.3) is 48.4 Å². The van der Waals surface area contributed by atoms with Crippen LogP contribution in [-0.2, 0) is 71.0 Å². The summed E-state index contributed by atoms with van der Waals surface area (Å²) in [6, 6.07) is 0. The first kappa shape index (κ1) is 55.6. The Bertz CT molecular complexity index is 3490. The monoisotopic (exact) mass is 1160 g/mol. The number of fused-ring (bicyclic) bond motifs is 3. The lowest BCUT2D eigenvalue weighted by Gasteiger charge is -2.35. The van der Waals surface area contributed by atoms with Gasteiger partial charge >= 0.3 is 5.65 Å². The Morgan fingerprint density at radius 3 is 1.93 bits per heavy atom. The first-order chi connectivity index (χ1) is 35.7. The average Bonchev–Trinajstić information content (AvgIpc) is 4.19. The van der Waals surface area contributed by atoms with Crippen LogP contribution in [-0.4, -0.2) is 163 Å². The minimum absolute atomic E-state index is 0.0443. The summed E-state index contributed by atoms with van der Waals surface area (Å²) >= 11 is 0. The molecule has 0 spiro atoms. The quantitative estimate of drug-likeness (QED) is 0.0253. The summed E-state index contributed by atoms with van der Waals surface area (Å²) in [6.07, 6.45) is -16.4. The molecule has 0 aliphatic carbocycles. The van der Waals surface area contributed by atoms with Crippen LogP contribution >= 0.6 is 31.3 Å². The summed E-state index contributed by atoms with van der Waals surface area (Å²) in [5, 5.41) is 45.9. The molecule has 16 atom stereocenters. The van der Waals surface area contributed by atoms with Crippen LogP contribution in [0.4, 0.5) is 17.7 Å². The minimum atomic E-state index is -6.59. The number of hydrogen-bond donors (Lipinski definition) is 9. The zero-order chi connectivity index (χ0) is 55.0. The van der Waals surface area contributed by atoms with Crippen molar-refractivity contribution < 1.29 is 108 Å². The van der Waals surface area contributed by atoms with Gasteiger partial charge in [0.2, 0.25) is 17.7 Å². The second-order valence-electron chi connectivity index (χ2n) is 16.6. The van der Waals surface area contributed by atoms with E-state index < -0.39 is 136 Å². The molecule has 3 aliphatic heterocycles. The molecule has 0 aromatic carbocycles. The fraction of sp³-hybridized carbons (Fsp3) is 0.545. The molecular formula is C33H42N15O24P4-3. The SMILES string of the molecule is CNc1ncnc2c1ncn2[C@@H]1O[C@H](COP(=O)([O-])OP(=O)([O-])OP(=O)([O-])OC[C@H]2O[C@@H]([n+]3cn(C)c4c(=O)[nH]c(N)nc43)C(O)[C@H]2O)C(OP(=O)([O-])OC[C@H]2O[C@@H](n3cnc4c(=O)[nH]c(N)nc43)[C@@H](O)C2O)[C@@H]1OC. The van der Waals surface area contributed by atoms with Gasteiger partial charge in [0, 0.05) is 14.2 Å². The highest BCUT2D eigenvalue weighted by atomic mass is 31.3. The van der Waals surface area contributed by atoms with E-state index in [0.29, 0.717) is 0 Å². The Balaban J connectivity index is 0.868. The molecular weight excluding hydrogens is 1110 g/mol. The Labute approximate surface area is 421 Å². The van der Waals surface area contributed by atoms with E-state index in [2.05, 4.69) is 58.3 Å². The van der Waals surface area contributed by atoms with Crippen molar-refractivity contribution in [3.05, 3.63) is 46.0 Å². The lowest BCUT2D eigenvalue weighted by Crippen LogP contribution is -2.46. The molecule has 6 aromatic rings. The number of aliphatic hydroxyl groups excluding tert-OH is 4. The number of imidazole rings is 3. The van der Waals surface area contributed by atoms with Gasteiger partial charge in [-0.2, -0.15) is 4.98 Å². The van der Waals surface area contributed by atoms with Gasteiger partial charge in [-0.05, 0) is 0 Å². The first-order valence-corrected chi connectivity index (χ1v) is 27.4. The van der Waals surface area contributed by atoms with E-state index in [4.69, 9.17) is 44.0 Å². The molecule has 6 aromatic heterocycles. The van der Waals surface area contributed by atoms with Crippen molar-refractivity contribution >= 4 is 82.5 Å². The highest BCUT2D eigenvalue weighted by Gasteiger charge is 2.51. The van der Waals surface area contributed by atoms with Crippen LogP contribution in [0.15, 0.2) is 34.9 Å². The van der Waals surface area contributed by atoms with Gasteiger partial charge in [0.05, 0.1) is 39.5 Å². The normalized spacial score (nSPS) is 30.2. The molecule has 0 bridgehead atoms. The Morgan fingerprint density at radius 1 is 0.711 bits per heavy atom. The fourth-order valence-electron chi connectivity index (χ4n) is 8.42. The third-order valence-corrected chi connectivity index (χ3v) is 16.8. The maximum atomic E-state index is 13.6. The summed E-state index contributed by atoms with van der Waals surface area (Å²) < 4.78 is 107. The number of nitrogens with one attached hydrogen (secondary N) is 3. The number of aliphatic hydroxyl groups is 4. The number of phosphoric ester groups is 3. The molecule has 9 rings (SSSR count). The molecule has 76 heavy (non-hydrogen) atoms. The lowest BCUT2D eigenvalue weighted by molar-refractivity contribution is -0.745. The van der Waals surface area contributed by atoms with Crippen molar-refractivity contribution in [3.8, 4) is 0 Å². The first-order valence-electron chi connectivity index (χ1n) is 21.5. The molecule has 3 saturated heterocycles. The number of aryl methyl sites for hydroxylation is 1. The molecule has 7 unspecified atom stereocenters. The van der Waals surface area contributed by atoms with Crippen molar-refractivity contribution in [1.29, 1.82) is 0 Å². The van der Waals surface area contributed by atoms with Gasteiger partial charge in [-0.3, -0.25) is 51.5 Å². The van der Waals surface area contributed by atoms with Gasteiger partial charge in [-0.15, -0.1) is 0 Å². The Morgan fingerprint density at radius 2 is 1.28 bits per heavy atom. The van der Waals surface area contributed by atoms with Crippen LogP contribution in [0.5, 0.6) is 0 Å². The van der Waals surface area contributed by atoms with Crippen LogP contribution in [0.2, 0.25) is 0 Å². The number of rotatable bonds is 20. The molecule has 0 amide bonds. The van der Waals surface area contributed by atoms with Crippen LogP contribution < -0.4 is 52.0 Å². The summed E-state index contributed by atoms with van der Waals surface area (Å²) in [4.78, 5) is 106. The van der Waals surface area contributed by atoms with E-state index in [1.165, 1.54) is 29.6 Å². The number of nitrogens with zero attached hydrogens (tertiary/aromatic N) is 10. The van der Waals surface area contributed by atoms with Gasteiger partial charge in [-0.25, -0.2) is 33.1 Å². The number of hydrogen-bond acceptors (Lipinski definition) is 33. The highest BCUT2D eigenvalue weighted by molar-refractivity contribution is 7.65. The smallest absolute Gasteiger partial charge is 0.313 e. The second-order valence-corrected chi connectivity index (χ2v) is 22.5. The topological polar surface area (TPSA) is 560 Å². The molecule has 39 nitrogen and oxygen atoms in total. The second kappa shape index (κ2) is 20.9. The molecule has 3 aliphatic rings. The number of nitrogens with two attached hydrogens (primary N) is 2. The van der Waals surface area contributed by atoms with Gasteiger partial charge < -0.3 is 93.8 Å². The molecule has 43 heteroatoms. The van der Waals surface area contributed by atoms with E-state index in [9.17, 15) is 67.8 Å². The number of ether oxygens (including phenoxy) is 4. The molecule has 3 fully saturated rings. The lowest BCUT2D eigenvalue weighted by atomic mass is 10.1. The van der Waals surface area contributed by atoms with Crippen LogP contribution in [0.3, 0.4) is 0 Å². The minimum Gasteiger partial charge on any atom is -0.756 e. The number of anilines is 3.